The van der Waals surface area contributed by atoms with Gasteiger partial charge in [0, 0.05) is 25.4 Å². The van der Waals surface area contributed by atoms with Crippen LogP contribution in [0, 0.1) is 0 Å². The Balaban J connectivity index is 1.62. The number of amides is 2. The van der Waals surface area contributed by atoms with Crippen molar-refractivity contribution in [2.45, 2.75) is 57.4 Å². The summed E-state index contributed by atoms with van der Waals surface area (Å²) in [7, 11) is 1.62. The number of ether oxygens (including phenoxy) is 1. The van der Waals surface area contributed by atoms with Gasteiger partial charge in [-0.2, -0.15) is 0 Å². The number of carbonyl (C=O) groups is 2. The molecule has 25 heavy (non-hydrogen) atoms. The zero-order chi connectivity index (χ0) is 18.1. The first-order valence-corrected chi connectivity index (χ1v) is 9.76. The summed E-state index contributed by atoms with van der Waals surface area (Å²) >= 11 is 3.44. The fraction of sp³-hybridized carbons (Fsp3) is 0.579. The number of carbonyl (C=O) groups excluding carboxylic acids is 2. The lowest BCUT2D eigenvalue weighted by Crippen LogP contribution is -2.38. The van der Waals surface area contributed by atoms with Crippen LogP contribution in [0.15, 0.2) is 22.7 Å². The van der Waals surface area contributed by atoms with Crippen molar-refractivity contribution >= 4 is 27.7 Å². The number of methoxy groups -OCH3 is 1. The van der Waals surface area contributed by atoms with E-state index in [4.69, 9.17) is 4.74 Å². The molecular weight excluding hydrogens is 384 g/mol. The monoisotopic (exact) mass is 410 g/mol. The summed E-state index contributed by atoms with van der Waals surface area (Å²) < 4.78 is 6.07. The van der Waals surface area contributed by atoms with Gasteiger partial charge in [0.15, 0.2) is 0 Å². The van der Waals surface area contributed by atoms with Gasteiger partial charge in [-0.3, -0.25) is 9.59 Å². The topological polar surface area (TPSA) is 67.4 Å². The molecule has 0 radical (unpaired) electrons. The SMILES string of the molecule is COc1ccc(CCC(=O)NCCC(=O)NC2CCCCC2)cc1Br. The molecule has 2 rings (SSSR count). The third-order valence-electron chi connectivity index (χ3n) is 4.50. The minimum absolute atomic E-state index is 0.0302. The Bertz CT molecular complexity index is 586. The van der Waals surface area contributed by atoms with Crippen molar-refractivity contribution < 1.29 is 14.3 Å². The normalized spacial score (nSPS) is 14.8. The van der Waals surface area contributed by atoms with Crippen LogP contribution in [0.3, 0.4) is 0 Å². The Morgan fingerprint density at radius 2 is 1.92 bits per heavy atom. The number of hydrogen-bond donors (Lipinski definition) is 2. The van der Waals surface area contributed by atoms with Gasteiger partial charge in [0.1, 0.15) is 5.75 Å². The van der Waals surface area contributed by atoms with Crippen molar-refractivity contribution in [2.75, 3.05) is 13.7 Å². The summed E-state index contributed by atoms with van der Waals surface area (Å²) in [5.74, 6) is 0.779. The zero-order valence-corrected chi connectivity index (χ0v) is 16.4. The van der Waals surface area contributed by atoms with Crippen LogP contribution in [0.1, 0.15) is 50.5 Å². The smallest absolute Gasteiger partial charge is 0.221 e. The first-order valence-electron chi connectivity index (χ1n) is 8.97. The summed E-state index contributed by atoms with van der Waals surface area (Å²) in [6.45, 7) is 0.393. The maximum Gasteiger partial charge on any atom is 0.221 e. The van der Waals surface area contributed by atoms with Crippen LogP contribution in [0.5, 0.6) is 5.75 Å². The van der Waals surface area contributed by atoms with E-state index in [-0.39, 0.29) is 11.8 Å². The standard InChI is InChI=1S/C19H27BrN2O3/c1-25-17-9-7-14(13-16(17)20)8-10-18(23)21-12-11-19(24)22-15-5-3-2-4-6-15/h7,9,13,15H,2-6,8,10-12H2,1H3,(H,21,23)(H,22,24). The lowest BCUT2D eigenvalue weighted by atomic mass is 9.95. The molecule has 0 spiro atoms. The summed E-state index contributed by atoms with van der Waals surface area (Å²) in [5.41, 5.74) is 1.07. The van der Waals surface area contributed by atoms with Crippen LogP contribution in [0.4, 0.5) is 0 Å². The molecule has 5 nitrogen and oxygen atoms in total. The third-order valence-corrected chi connectivity index (χ3v) is 5.12. The van der Waals surface area contributed by atoms with Crippen molar-refractivity contribution in [3.05, 3.63) is 28.2 Å². The molecule has 0 aliphatic heterocycles. The van der Waals surface area contributed by atoms with Gasteiger partial charge in [0.05, 0.1) is 11.6 Å². The van der Waals surface area contributed by atoms with Crippen LogP contribution in [0.2, 0.25) is 0 Å². The van der Waals surface area contributed by atoms with Crippen molar-refractivity contribution in [1.82, 2.24) is 10.6 Å². The molecule has 1 fully saturated rings. The van der Waals surface area contributed by atoms with E-state index in [0.29, 0.717) is 31.8 Å². The van der Waals surface area contributed by atoms with E-state index >= 15 is 0 Å². The van der Waals surface area contributed by atoms with E-state index in [1.165, 1.54) is 19.3 Å². The van der Waals surface area contributed by atoms with Crippen LogP contribution in [-0.4, -0.2) is 31.5 Å². The zero-order valence-electron chi connectivity index (χ0n) is 14.8. The van der Waals surface area contributed by atoms with Crippen LogP contribution in [-0.2, 0) is 16.0 Å². The maximum atomic E-state index is 11.9. The lowest BCUT2D eigenvalue weighted by Gasteiger charge is -2.22. The molecule has 1 aliphatic rings. The Kier molecular flexibility index (Phi) is 8.25. The van der Waals surface area contributed by atoms with Crippen LogP contribution in [0.25, 0.3) is 0 Å². The van der Waals surface area contributed by atoms with Gasteiger partial charge in [0.2, 0.25) is 11.8 Å². The van der Waals surface area contributed by atoms with Crippen molar-refractivity contribution in [2.24, 2.45) is 0 Å². The molecule has 2 amide bonds. The summed E-state index contributed by atoms with van der Waals surface area (Å²) in [5, 5.41) is 5.88. The van der Waals surface area contributed by atoms with Crippen LogP contribution < -0.4 is 15.4 Å². The van der Waals surface area contributed by atoms with Gasteiger partial charge >= 0.3 is 0 Å². The quantitative estimate of drug-likeness (QED) is 0.690. The molecule has 1 saturated carbocycles. The lowest BCUT2D eigenvalue weighted by molar-refractivity contribution is -0.122. The Hall–Kier alpha value is -1.56. The predicted molar refractivity (Wildman–Crippen MR) is 102 cm³/mol. The van der Waals surface area contributed by atoms with E-state index in [9.17, 15) is 9.59 Å². The van der Waals surface area contributed by atoms with Gasteiger partial charge in [-0.25, -0.2) is 0 Å². The number of halogens is 1. The molecule has 1 aromatic rings. The maximum absolute atomic E-state index is 11.9. The molecule has 2 N–H and O–H groups in total. The molecular formula is C19H27BrN2O3. The number of nitrogens with one attached hydrogen (secondary N) is 2. The summed E-state index contributed by atoms with van der Waals surface area (Å²) in [4.78, 5) is 23.8. The highest BCUT2D eigenvalue weighted by Crippen LogP contribution is 2.25. The fourth-order valence-electron chi connectivity index (χ4n) is 3.07. The van der Waals surface area contributed by atoms with Crippen LogP contribution >= 0.6 is 15.9 Å². The molecule has 1 aromatic carbocycles. The third kappa shape index (κ3) is 7.06. The largest absolute Gasteiger partial charge is 0.496 e. The number of rotatable bonds is 8. The first-order chi connectivity index (χ1) is 12.1. The summed E-state index contributed by atoms with van der Waals surface area (Å²) in [6.07, 6.45) is 7.23. The second-order valence-corrected chi connectivity index (χ2v) is 7.33. The van der Waals surface area contributed by atoms with Gasteiger partial charge < -0.3 is 15.4 Å². The number of benzene rings is 1. The highest BCUT2D eigenvalue weighted by molar-refractivity contribution is 9.10. The first kappa shape index (κ1) is 19.8. The fourth-order valence-corrected chi connectivity index (χ4v) is 3.66. The Morgan fingerprint density at radius 1 is 1.16 bits per heavy atom. The molecule has 1 aliphatic carbocycles. The molecule has 6 heteroatoms. The molecule has 0 unspecified atom stereocenters. The highest BCUT2D eigenvalue weighted by atomic mass is 79.9. The van der Waals surface area contributed by atoms with Gasteiger partial charge in [-0.15, -0.1) is 0 Å². The van der Waals surface area contributed by atoms with E-state index in [1.807, 2.05) is 18.2 Å². The van der Waals surface area contributed by atoms with E-state index in [2.05, 4.69) is 26.6 Å². The molecule has 0 bridgehead atoms. The van der Waals surface area contributed by atoms with Crippen molar-refractivity contribution in [3.8, 4) is 5.75 Å². The molecule has 0 atom stereocenters. The Labute approximate surface area is 158 Å². The average Bonchev–Trinajstić information content (AvgIpc) is 2.61. The molecule has 0 heterocycles. The minimum Gasteiger partial charge on any atom is -0.496 e. The summed E-state index contributed by atoms with van der Waals surface area (Å²) in [6, 6.07) is 6.12. The van der Waals surface area contributed by atoms with E-state index in [1.54, 1.807) is 7.11 Å². The van der Waals surface area contributed by atoms with Gasteiger partial charge in [0.25, 0.3) is 0 Å². The van der Waals surface area contributed by atoms with Gasteiger partial charge in [-0.1, -0.05) is 25.3 Å². The second kappa shape index (κ2) is 10.4. The Morgan fingerprint density at radius 3 is 2.60 bits per heavy atom. The van der Waals surface area contributed by atoms with E-state index in [0.717, 1.165) is 28.6 Å². The predicted octanol–water partition coefficient (Wildman–Crippen LogP) is 3.35. The molecule has 0 aromatic heterocycles. The van der Waals surface area contributed by atoms with E-state index < -0.39 is 0 Å². The average molecular weight is 411 g/mol. The molecule has 0 saturated heterocycles. The molecule has 138 valence electrons. The number of hydrogen-bond acceptors (Lipinski definition) is 3. The highest BCUT2D eigenvalue weighted by Gasteiger charge is 2.15. The number of aryl methyl sites for hydroxylation is 1. The van der Waals surface area contributed by atoms with Crippen molar-refractivity contribution in [3.63, 3.8) is 0 Å². The second-order valence-electron chi connectivity index (χ2n) is 6.47. The van der Waals surface area contributed by atoms with Gasteiger partial charge in [-0.05, 0) is 52.9 Å². The van der Waals surface area contributed by atoms with Crippen molar-refractivity contribution in [1.29, 1.82) is 0 Å². The minimum atomic E-state index is -0.0302.